The van der Waals surface area contributed by atoms with Crippen LogP contribution in [0.4, 0.5) is 11.4 Å². The molecule has 3 fully saturated rings. The van der Waals surface area contributed by atoms with Crippen molar-refractivity contribution in [2.45, 2.75) is 82.9 Å². The van der Waals surface area contributed by atoms with E-state index in [0.29, 0.717) is 29.8 Å². The van der Waals surface area contributed by atoms with Gasteiger partial charge < -0.3 is 19.7 Å². The summed E-state index contributed by atoms with van der Waals surface area (Å²) < 4.78 is 12.7. The molecule has 7 nitrogen and oxygen atoms in total. The van der Waals surface area contributed by atoms with E-state index in [2.05, 4.69) is 77.5 Å². The van der Waals surface area contributed by atoms with Crippen molar-refractivity contribution in [1.82, 2.24) is 4.90 Å². The summed E-state index contributed by atoms with van der Waals surface area (Å²) in [4.78, 5) is 18.1. The molecule has 2 unspecified atom stereocenters. The number of rotatable bonds is 12. The van der Waals surface area contributed by atoms with Gasteiger partial charge in [0.15, 0.2) is 5.78 Å². The summed E-state index contributed by atoms with van der Waals surface area (Å²) in [6, 6.07) is 23.1. The first-order chi connectivity index (χ1) is 23.4. The van der Waals surface area contributed by atoms with Gasteiger partial charge in [0.25, 0.3) is 0 Å². The third-order valence-electron chi connectivity index (χ3n) is 11.8. The monoisotopic (exact) mass is 646 g/mol. The van der Waals surface area contributed by atoms with Gasteiger partial charge in [-0.3, -0.25) is 9.69 Å². The maximum Gasteiger partial charge on any atom is 0.166 e. The second-order valence-corrected chi connectivity index (χ2v) is 14.7. The number of carbonyl (C=O) groups excluding carboxylic acids is 1. The van der Waals surface area contributed by atoms with E-state index < -0.39 is 5.60 Å². The number of nitrogens with one attached hydrogen (secondary N) is 1. The number of methoxy groups -OCH3 is 1. The van der Waals surface area contributed by atoms with Crippen molar-refractivity contribution in [1.29, 1.82) is 5.26 Å². The van der Waals surface area contributed by atoms with Gasteiger partial charge in [0.05, 0.1) is 29.6 Å². The van der Waals surface area contributed by atoms with Gasteiger partial charge in [-0.05, 0) is 118 Å². The fourth-order valence-electron chi connectivity index (χ4n) is 8.22. The fourth-order valence-corrected chi connectivity index (χ4v) is 8.22. The molecule has 7 heteroatoms. The lowest BCUT2D eigenvalue weighted by Crippen LogP contribution is -2.48. The standard InChI is InChI=1S/C41H50N4O3/c1-28-7-4-12-35(40(28)48-41(2,33-10-6-11-33)34-16-13-29(26-42)14-17-34)30-19-21-44(22-20-30)27-38-43-36-18-15-32(39(46)31-8-5-9-31)25-37(36)45(38)23-24-47-3/h4,7,12-18,25,30-31,33,38,43H,5-6,8-11,19-24,27H2,1-3H3. The Balaban J connectivity index is 1.04. The van der Waals surface area contributed by atoms with Crippen LogP contribution in [0.2, 0.25) is 0 Å². The molecule has 0 amide bonds. The molecule has 1 N–H and O–H groups in total. The molecule has 1 saturated heterocycles. The van der Waals surface area contributed by atoms with Crippen LogP contribution >= 0.6 is 0 Å². The lowest BCUT2D eigenvalue weighted by Gasteiger charge is -2.44. The van der Waals surface area contributed by atoms with Crippen LogP contribution in [0.3, 0.4) is 0 Å². The molecule has 2 aliphatic carbocycles. The second kappa shape index (κ2) is 13.9. The Bertz CT molecular complexity index is 1650. The molecule has 2 heterocycles. The first-order valence-corrected chi connectivity index (χ1v) is 18.1. The number of Topliss-reactive ketones (excluding diaryl/α,β-unsaturated/α-hetero) is 1. The molecule has 2 aliphatic heterocycles. The van der Waals surface area contributed by atoms with Gasteiger partial charge in [-0.25, -0.2) is 0 Å². The molecule has 0 aromatic heterocycles. The van der Waals surface area contributed by atoms with Crippen molar-refractivity contribution >= 4 is 17.2 Å². The molecule has 252 valence electrons. The van der Waals surface area contributed by atoms with E-state index in [-0.39, 0.29) is 12.1 Å². The van der Waals surface area contributed by atoms with Gasteiger partial charge >= 0.3 is 0 Å². The maximum absolute atomic E-state index is 13.1. The van der Waals surface area contributed by atoms with Crippen molar-refractivity contribution in [2.24, 2.45) is 11.8 Å². The Labute approximate surface area is 286 Å². The Hall–Kier alpha value is -3.86. The number of carbonyl (C=O) groups is 1. The third-order valence-corrected chi connectivity index (χ3v) is 11.8. The molecule has 0 radical (unpaired) electrons. The summed E-state index contributed by atoms with van der Waals surface area (Å²) in [6.07, 6.45) is 9.06. The second-order valence-electron chi connectivity index (χ2n) is 14.7. The number of hydrogen-bond donors (Lipinski definition) is 1. The van der Waals surface area contributed by atoms with Crippen LogP contribution in [0.5, 0.6) is 5.75 Å². The van der Waals surface area contributed by atoms with E-state index in [0.717, 1.165) is 99.4 Å². The van der Waals surface area contributed by atoms with Crippen molar-refractivity contribution in [3.05, 3.63) is 88.5 Å². The van der Waals surface area contributed by atoms with E-state index in [1.807, 2.05) is 18.2 Å². The molecule has 3 aromatic rings. The molecular formula is C41H50N4O3. The zero-order chi connectivity index (χ0) is 33.3. The zero-order valence-corrected chi connectivity index (χ0v) is 28.8. The number of likely N-dealkylation sites (tertiary alicyclic amines) is 1. The van der Waals surface area contributed by atoms with Gasteiger partial charge in [0.1, 0.15) is 17.5 Å². The number of piperidine rings is 1. The highest BCUT2D eigenvalue weighted by Crippen LogP contribution is 2.48. The maximum atomic E-state index is 13.1. The Morgan fingerprint density at radius 3 is 2.40 bits per heavy atom. The average Bonchev–Trinajstić information content (AvgIpc) is 3.39. The Kier molecular flexibility index (Phi) is 9.49. The van der Waals surface area contributed by atoms with Crippen LogP contribution in [-0.4, -0.2) is 56.7 Å². The number of anilines is 2. The largest absolute Gasteiger partial charge is 0.482 e. The molecule has 48 heavy (non-hydrogen) atoms. The zero-order valence-electron chi connectivity index (χ0n) is 28.8. The molecule has 4 aliphatic rings. The van der Waals surface area contributed by atoms with Crippen molar-refractivity contribution in [3.8, 4) is 11.8 Å². The van der Waals surface area contributed by atoms with Crippen LogP contribution < -0.4 is 15.0 Å². The number of ether oxygens (including phenoxy) is 2. The highest BCUT2D eigenvalue weighted by Gasteiger charge is 2.43. The first kappa shape index (κ1) is 32.7. The topological polar surface area (TPSA) is 77.8 Å². The van der Waals surface area contributed by atoms with Gasteiger partial charge in [-0.2, -0.15) is 5.26 Å². The lowest BCUT2D eigenvalue weighted by atomic mass is 9.70. The highest BCUT2D eigenvalue weighted by molar-refractivity contribution is 6.00. The Morgan fingerprint density at radius 2 is 1.75 bits per heavy atom. The minimum absolute atomic E-state index is 0.134. The molecule has 7 rings (SSSR count). The Morgan fingerprint density at radius 1 is 1.00 bits per heavy atom. The summed E-state index contributed by atoms with van der Waals surface area (Å²) in [6.45, 7) is 8.80. The van der Waals surface area contributed by atoms with Crippen LogP contribution in [0.1, 0.15) is 96.8 Å². The minimum atomic E-state index is -0.440. The van der Waals surface area contributed by atoms with E-state index in [1.54, 1.807) is 7.11 Å². The number of fused-ring (bicyclic) bond motifs is 1. The third kappa shape index (κ3) is 6.33. The molecule has 3 aromatic carbocycles. The van der Waals surface area contributed by atoms with Crippen LogP contribution in [0.25, 0.3) is 0 Å². The van der Waals surface area contributed by atoms with Crippen LogP contribution in [0.15, 0.2) is 60.7 Å². The van der Waals surface area contributed by atoms with Crippen molar-refractivity contribution in [2.75, 3.05) is 50.1 Å². The van der Waals surface area contributed by atoms with Gasteiger partial charge in [0, 0.05) is 37.6 Å². The van der Waals surface area contributed by atoms with Gasteiger partial charge in [-0.1, -0.05) is 43.2 Å². The number of nitrogens with zero attached hydrogens (tertiary/aromatic N) is 3. The minimum Gasteiger partial charge on any atom is -0.482 e. The molecule has 0 bridgehead atoms. The summed E-state index contributed by atoms with van der Waals surface area (Å²) in [5, 5.41) is 13.2. The number of ketones is 1. The quantitative estimate of drug-likeness (QED) is 0.200. The van der Waals surface area contributed by atoms with Crippen LogP contribution in [-0.2, 0) is 10.3 Å². The van der Waals surface area contributed by atoms with E-state index >= 15 is 0 Å². The summed E-state index contributed by atoms with van der Waals surface area (Å²) in [7, 11) is 1.75. The van der Waals surface area contributed by atoms with E-state index in [1.165, 1.54) is 17.5 Å². The van der Waals surface area contributed by atoms with Gasteiger partial charge in [0.2, 0.25) is 0 Å². The predicted octanol–water partition coefficient (Wildman–Crippen LogP) is 8.03. The van der Waals surface area contributed by atoms with Crippen molar-refractivity contribution < 1.29 is 14.3 Å². The smallest absolute Gasteiger partial charge is 0.166 e. The molecule has 2 atom stereocenters. The summed E-state index contributed by atoms with van der Waals surface area (Å²) in [5.41, 5.74) is 6.97. The highest BCUT2D eigenvalue weighted by atomic mass is 16.5. The predicted molar refractivity (Wildman–Crippen MR) is 191 cm³/mol. The molecular weight excluding hydrogens is 596 g/mol. The summed E-state index contributed by atoms with van der Waals surface area (Å²) >= 11 is 0. The first-order valence-electron chi connectivity index (χ1n) is 18.1. The number of nitriles is 1. The van der Waals surface area contributed by atoms with Crippen molar-refractivity contribution in [3.63, 3.8) is 0 Å². The number of aryl methyl sites for hydroxylation is 1. The number of para-hydroxylation sites is 1. The molecule has 0 spiro atoms. The van der Waals surface area contributed by atoms with Gasteiger partial charge in [-0.15, -0.1) is 0 Å². The van der Waals surface area contributed by atoms with E-state index in [9.17, 15) is 10.1 Å². The number of hydrogen-bond acceptors (Lipinski definition) is 7. The fraction of sp³-hybridized carbons (Fsp3) is 0.512. The molecule has 2 saturated carbocycles. The normalized spacial score (nSPS) is 21.4. The lowest BCUT2D eigenvalue weighted by molar-refractivity contribution is -0.0176. The summed E-state index contributed by atoms with van der Waals surface area (Å²) in [5.74, 6) is 2.42. The number of benzene rings is 3. The SMILES string of the molecule is COCCN1c2cc(C(=O)C3CCC3)ccc2NC1CN1CCC(c2cccc(C)c2OC(C)(c2ccc(C#N)cc2)C2CCC2)CC1. The average molecular weight is 647 g/mol. The van der Waals surface area contributed by atoms with Crippen LogP contribution in [0, 0.1) is 30.1 Å². The van der Waals surface area contributed by atoms with E-state index in [4.69, 9.17) is 9.47 Å².